The van der Waals surface area contributed by atoms with Crippen LogP contribution in [0.4, 0.5) is 5.69 Å². The lowest BCUT2D eigenvalue weighted by atomic mass is 10.2. The number of hydrogen-bond donors (Lipinski definition) is 3. The van der Waals surface area contributed by atoms with E-state index in [0.717, 1.165) is 10.2 Å². The Balaban J connectivity index is 1.87. The Labute approximate surface area is 118 Å². The predicted molar refractivity (Wildman–Crippen MR) is 77.3 cm³/mol. The zero-order valence-corrected chi connectivity index (χ0v) is 11.0. The fourth-order valence-electron chi connectivity index (χ4n) is 1.86. The maximum atomic E-state index is 12.0. The summed E-state index contributed by atoms with van der Waals surface area (Å²) in [6, 6.07) is 9.15. The molecule has 0 bridgehead atoms. The van der Waals surface area contributed by atoms with Crippen LogP contribution in [0.2, 0.25) is 0 Å². The number of anilines is 1. The van der Waals surface area contributed by atoms with Gasteiger partial charge in [0.15, 0.2) is 0 Å². The summed E-state index contributed by atoms with van der Waals surface area (Å²) in [4.78, 5) is 16.2. The largest absolute Gasteiger partial charge is 0.508 e. The lowest BCUT2D eigenvalue weighted by Gasteiger charge is -2.06. The Bertz CT molecular complexity index is 778. The molecule has 20 heavy (non-hydrogen) atoms. The van der Waals surface area contributed by atoms with Crippen molar-refractivity contribution in [2.45, 2.75) is 0 Å². The monoisotopic (exact) mass is 286 g/mol. The average molecular weight is 286 g/mol. The van der Waals surface area contributed by atoms with Crippen molar-refractivity contribution < 1.29 is 15.0 Å². The van der Waals surface area contributed by atoms with Crippen molar-refractivity contribution in [3.8, 4) is 11.5 Å². The molecule has 0 aliphatic carbocycles. The molecule has 2 aromatic carbocycles. The fourth-order valence-corrected chi connectivity index (χ4v) is 2.58. The van der Waals surface area contributed by atoms with E-state index in [4.69, 9.17) is 0 Å². The lowest BCUT2D eigenvalue weighted by molar-refractivity contribution is 0.102. The Morgan fingerprint density at radius 1 is 1.10 bits per heavy atom. The molecule has 3 N–H and O–H groups in total. The first kappa shape index (κ1) is 12.4. The molecule has 1 amide bonds. The van der Waals surface area contributed by atoms with Gasteiger partial charge in [0.25, 0.3) is 5.91 Å². The van der Waals surface area contributed by atoms with Crippen LogP contribution in [0.25, 0.3) is 10.2 Å². The lowest BCUT2D eigenvalue weighted by Crippen LogP contribution is -2.11. The molecule has 0 radical (unpaired) electrons. The number of nitrogens with zero attached hydrogens (tertiary/aromatic N) is 1. The Morgan fingerprint density at radius 3 is 2.60 bits per heavy atom. The SMILES string of the molecule is O=C(Nc1ccc2ncsc2c1)c1cc(O)cc(O)c1. The quantitative estimate of drug-likeness (QED) is 0.676. The third-order valence-electron chi connectivity index (χ3n) is 2.75. The number of carbonyl (C=O) groups excluding carboxylic acids is 1. The minimum atomic E-state index is -0.403. The van der Waals surface area contributed by atoms with Gasteiger partial charge in [0.1, 0.15) is 11.5 Å². The van der Waals surface area contributed by atoms with Gasteiger partial charge >= 0.3 is 0 Å². The summed E-state index contributed by atoms with van der Waals surface area (Å²) in [5.74, 6) is -0.721. The first-order chi connectivity index (χ1) is 9.61. The van der Waals surface area contributed by atoms with Crippen LogP contribution in [0.3, 0.4) is 0 Å². The van der Waals surface area contributed by atoms with E-state index in [1.807, 2.05) is 12.1 Å². The standard InChI is InChI=1S/C14H10N2O3S/c17-10-3-8(4-11(18)6-10)14(19)16-9-1-2-12-13(5-9)20-7-15-12/h1-7,17-18H,(H,16,19). The number of phenolic OH excluding ortho intramolecular Hbond substituents is 2. The number of thiazole rings is 1. The third kappa shape index (κ3) is 2.41. The van der Waals surface area contributed by atoms with Crippen LogP contribution in [0.5, 0.6) is 11.5 Å². The van der Waals surface area contributed by atoms with Gasteiger partial charge in [-0.2, -0.15) is 0 Å². The van der Waals surface area contributed by atoms with Crippen molar-refractivity contribution in [1.29, 1.82) is 0 Å². The van der Waals surface area contributed by atoms with E-state index in [2.05, 4.69) is 10.3 Å². The van der Waals surface area contributed by atoms with E-state index in [1.165, 1.54) is 29.5 Å². The third-order valence-corrected chi connectivity index (χ3v) is 3.55. The van der Waals surface area contributed by atoms with E-state index < -0.39 is 5.91 Å². The second-order valence-corrected chi connectivity index (χ2v) is 5.11. The van der Waals surface area contributed by atoms with Gasteiger partial charge < -0.3 is 15.5 Å². The number of hydrogen-bond acceptors (Lipinski definition) is 5. The van der Waals surface area contributed by atoms with Gasteiger partial charge in [-0.3, -0.25) is 4.79 Å². The van der Waals surface area contributed by atoms with E-state index >= 15 is 0 Å². The molecule has 0 atom stereocenters. The Hall–Kier alpha value is -2.60. The summed E-state index contributed by atoms with van der Waals surface area (Å²) in [6.07, 6.45) is 0. The number of phenols is 2. The van der Waals surface area contributed by atoms with Crippen molar-refractivity contribution in [2.24, 2.45) is 0 Å². The maximum absolute atomic E-state index is 12.0. The van der Waals surface area contributed by atoms with E-state index in [1.54, 1.807) is 11.6 Å². The van der Waals surface area contributed by atoms with Gasteiger partial charge in [-0.15, -0.1) is 11.3 Å². The number of benzene rings is 2. The highest BCUT2D eigenvalue weighted by Crippen LogP contribution is 2.24. The van der Waals surface area contributed by atoms with Crippen LogP contribution in [-0.4, -0.2) is 21.1 Å². The van der Waals surface area contributed by atoms with Crippen LogP contribution in [0.1, 0.15) is 10.4 Å². The van der Waals surface area contributed by atoms with Crippen LogP contribution in [0, 0.1) is 0 Å². The van der Waals surface area contributed by atoms with Crippen LogP contribution in [-0.2, 0) is 0 Å². The zero-order valence-electron chi connectivity index (χ0n) is 10.2. The molecular weight excluding hydrogens is 276 g/mol. The van der Waals surface area contributed by atoms with Gasteiger partial charge in [0.2, 0.25) is 0 Å². The van der Waals surface area contributed by atoms with Crippen molar-refractivity contribution in [3.05, 3.63) is 47.5 Å². The molecule has 3 aromatic rings. The number of fused-ring (bicyclic) bond motifs is 1. The second-order valence-electron chi connectivity index (χ2n) is 4.23. The molecule has 0 aliphatic rings. The number of aromatic nitrogens is 1. The van der Waals surface area contributed by atoms with E-state index in [0.29, 0.717) is 5.69 Å². The molecule has 1 aromatic heterocycles. The van der Waals surface area contributed by atoms with Crippen LogP contribution in [0.15, 0.2) is 41.9 Å². The average Bonchev–Trinajstić information content (AvgIpc) is 2.85. The second kappa shape index (κ2) is 4.82. The first-order valence-electron chi connectivity index (χ1n) is 5.79. The summed E-state index contributed by atoms with van der Waals surface area (Å²) in [5.41, 5.74) is 3.44. The topological polar surface area (TPSA) is 82.5 Å². The summed E-state index contributed by atoms with van der Waals surface area (Å²) in [6.45, 7) is 0. The number of rotatable bonds is 2. The molecule has 0 saturated heterocycles. The highest BCUT2D eigenvalue weighted by molar-refractivity contribution is 7.16. The first-order valence-corrected chi connectivity index (χ1v) is 6.67. The minimum Gasteiger partial charge on any atom is -0.508 e. The minimum absolute atomic E-state index is 0.159. The molecular formula is C14H10N2O3S. The van der Waals surface area contributed by atoms with Gasteiger partial charge in [-0.05, 0) is 30.3 Å². The number of aromatic hydroxyl groups is 2. The number of nitrogens with one attached hydrogen (secondary N) is 1. The Morgan fingerprint density at radius 2 is 1.85 bits per heavy atom. The van der Waals surface area contributed by atoms with Crippen molar-refractivity contribution >= 4 is 33.1 Å². The number of amides is 1. The maximum Gasteiger partial charge on any atom is 0.255 e. The summed E-state index contributed by atoms with van der Waals surface area (Å²) in [5, 5.41) is 21.5. The summed E-state index contributed by atoms with van der Waals surface area (Å²) >= 11 is 1.49. The molecule has 5 nitrogen and oxygen atoms in total. The van der Waals surface area contributed by atoms with E-state index in [-0.39, 0.29) is 17.1 Å². The van der Waals surface area contributed by atoms with Crippen molar-refractivity contribution in [3.63, 3.8) is 0 Å². The molecule has 1 heterocycles. The zero-order chi connectivity index (χ0) is 14.1. The molecule has 0 aliphatic heterocycles. The summed E-state index contributed by atoms with van der Waals surface area (Å²) in [7, 11) is 0. The van der Waals surface area contributed by atoms with Gasteiger partial charge in [0.05, 0.1) is 15.7 Å². The van der Waals surface area contributed by atoms with Gasteiger partial charge in [-0.1, -0.05) is 0 Å². The fraction of sp³-hybridized carbons (Fsp3) is 0. The molecule has 6 heteroatoms. The molecule has 100 valence electrons. The summed E-state index contributed by atoms with van der Waals surface area (Å²) < 4.78 is 0.974. The molecule has 3 rings (SSSR count). The van der Waals surface area contributed by atoms with Gasteiger partial charge in [-0.25, -0.2) is 4.98 Å². The highest BCUT2D eigenvalue weighted by atomic mass is 32.1. The molecule has 0 spiro atoms. The molecule has 0 unspecified atom stereocenters. The van der Waals surface area contributed by atoms with E-state index in [9.17, 15) is 15.0 Å². The normalized spacial score (nSPS) is 10.6. The molecule has 0 fully saturated rings. The van der Waals surface area contributed by atoms with Crippen LogP contribution >= 0.6 is 11.3 Å². The molecule has 0 saturated carbocycles. The smallest absolute Gasteiger partial charge is 0.255 e. The van der Waals surface area contributed by atoms with Gasteiger partial charge in [0, 0.05) is 17.3 Å². The number of carbonyl (C=O) groups is 1. The predicted octanol–water partition coefficient (Wildman–Crippen LogP) is 2.96. The van der Waals surface area contributed by atoms with Crippen LogP contribution < -0.4 is 5.32 Å². The Kier molecular flexibility index (Phi) is 3.00. The highest BCUT2D eigenvalue weighted by Gasteiger charge is 2.09. The van der Waals surface area contributed by atoms with Crippen molar-refractivity contribution in [1.82, 2.24) is 4.98 Å². The van der Waals surface area contributed by atoms with Crippen molar-refractivity contribution in [2.75, 3.05) is 5.32 Å².